The maximum Gasteiger partial charge on any atom is 0.0827 e. The molecule has 1 aliphatic heterocycles. The second kappa shape index (κ2) is 4.66. The summed E-state index contributed by atoms with van der Waals surface area (Å²) < 4.78 is 0. The average Bonchev–Trinajstić information content (AvgIpc) is 2.24. The minimum atomic E-state index is -0.452. The molecule has 0 spiro atoms. The molecule has 1 aliphatic carbocycles. The highest BCUT2D eigenvalue weighted by atomic mass is 16.3. The molecule has 0 aromatic carbocycles. The normalized spacial score (nSPS) is 50.2. The number of nitrogens with one attached hydrogen (secondary N) is 1. The van der Waals surface area contributed by atoms with Gasteiger partial charge < -0.3 is 10.4 Å². The van der Waals surface area contributed by atoms with Crippen molar-refractivity contribution in [3.8, 4) is 0 Å². The average molecular weight is 225 g/mol. The summed E-state index contributed by atoms with van der Waals surface area (Å²) in [6.45, 7) is 7.90. The smallest absolute Gasteiger partial charge is 0.0827 e. The summed E-state index contributed by atoms with van der Waals surface area (Å²) in [6, 6.07) is 0.328. The Kier molecular flexibility index (Phi) is 3.60. The van der Waals surface area contributed by atoms with E-state index in [1.165, 1.54) is 19.3 Å². The van der Waals surface area contributed by atoms with Crippen molar-refractivity contribution in [3.05, 3.63) is 0 Å². The van der Waals surface area contributed by atoms with Crippen LogP contribution in [-0.2, 0) is 0 Å². The summed E-state index contributed by atoms with van der Waals surface area (Å²) in [5.74, 6) is 1.89. The first kappa shape index (κ1) is 12.4. The minimum absolute atomic E-state index is 0.328. The molecule has 0 aromatic rings. The van der Waals surface area contributed by atoms with E-state index in [-0.39, 0.29) is 0 Å². The van der Waals surface area contributed by atoms with Gasteiger partial charge in [-0.3, -0.25) is 0 Å². The van der Waals surface area contributed by atoms with Gasteiger partial charge in [-0.15, -0.1) is 0 Å². The molecule has 1 heterocycles. The second-order valence-corrected chi connectivity index (χ2v) is 6.42. The number of piperidine rings is 1. The maximum atomic E-state index is 11.0. The highest BCUT2D eigenvalue weighted by Crippen LogP contribution is 2.41. The fourth-order valence-corrected chi connectivity index (χ4v) is 3.62. The zero-order valence-corrected chi connectivity index (χ0v) is 11.0. The van der Waals surface area contributed by atoms with Crippen LogP contribution in [0.3, 0.4) is 0 Å². The van der Waals surface area contributed by atoms with Gasteiger partial charge in [0.25, 0.3) is 0 Å². The van der Waals surface area contributed by atoms with E-state index in [2.05, 4.69) is 26.1 Å². The Morgan fingerprint density at radius 1 is 1.06 bits per heavy atom. The Balaban J connectivity index is 2.09. The number of aliphatic hydroxyl groups is 1. The third-order valence-corrected chi connectivity index (χ3v) is 4.89. The summed E-state index contributed by atoms with van der Waals surface area (Å²) in [7, 11) is 0. The first-order valence-corrected chi connectivity index (χ1v) is 6.98. The molecule has 0 radical (unpaired) electrons. The summed E-state index contributed by atoms with van der Waals surface area (Å²) in [6.07, 6.45) is 5.86. The fourth-order valence-electron chi connectivity index (χ4n) is 3.62. The van der Waals surface area contributed by atoms with Gasteiger partial charge in [-0.25, -0.2) is 0 Å². The summed E-state index contributed by atoms with van der Waals surface area (Å²) in [4.78, 5) is 0. The molecule has 2 rings (SSSR count). The second-order valence-electron chi connectivity index (χ2n) is 6.42. The molecule has 0 bridgehead atoms. The number of hydrogen-bond acceptors (Lipinski definition) is 2. The molecule has 0 amide bonds. The van der Waals surface area contributed by atoms with Crippen LogP contribution in [0, 0.1) is 17.8 Å². The lowest BCUT2D eigenvalue weighted by atomic mass is 9.66. The molecule has 1 saturated carbocycles. The van der Waals surface area contributed by atoms with Crippen molar-refractivity contribution in [1.29, 1.82) is 0 Å². The Bertz CT molecular complexity index is 243. The molecular formula is C14H27NO. The van der Waals surface area contributed by atoms with Crippen molar-refractivity contribution < 1.29 is 5.11 Å². The van der Waals surface area contributed by atoms with Crippen LogP contribution in [0.5, 0.6) is 0 Å². The standard InChI is InChI=1S/C14H27NO/c1-10-6-7-15-13(8-10)14(16)9-11(2)4-5-12(14)3/h10-13,15-16H,4-9H2,1-3H3. The maximum absolute atomic E-state index is 11.0. The molecule has 16 heavy (non-hydrogen) atoms. The first-order valence-electron chi connectivity index (χ1n) is 6.98. The van der Waals surface area contributed by atoms with E-state index in [0.29, 0.717) is 17.9 Å². The first-order chi connectivity index (χ1) is 7.52. The molecule has 0 aromatic heterocycles. The van der Waals surface area contributed by atoms with Crippen LogP contribution in [0.4, 0.5) is 0 Å². The molecule has 1 saturated heterocycles. The van der Waals surface area contributed by atoms with Gasteiger partial charge in [0.1, 0.15) is 0 Å². The van der Waals surface area contributed by atoms with E-state index in [4.69, 9.17) is 0 Å². The van der Waals surface area contributed by atoms with Crippen molar-refractivity contribution in [2.24, 2.45) is 17.8 Å². The summed E-state index contributed by atoms with van der Waals surface area (Å²) in [5.41, 5.74) is -0.452. The molecular weight excluding hydrogens is 198 g/mol. The Morgan fingerprint density at radius 3 is 2.50 bits per heavy atom. The topological polar surface area (TPSA) is 32.3 Å². The van der Waals surface area contributed by atoms with Crippen LogP contribution in [0.1, 0.15) is 52.9 Å². The van der Waals surface area contributed by atoms with Crippen molar-refractivity contribution in [2.75, 3.05) is 6.54 Å². The van der Waals surface area contributed by atoms with Crippen LogP contribution in [0.15, 0.2) is 0 Å². The quantitative estimate of drug-likeness (QED) is 0.719. The highest BCUT2D eigenvalue weighted by molar-refractivity contribution is 5.00. The van der Waals surface area contributed by atoms with E-state index in [9.17, 15) is 5.11 Å². The third-order valence-electron chi connectivity index (χ3n) is 4.89. The molecule has 2 nitrogen and oxygen atoms in total. The fraction of sp³-hybridized carbons (Fsp3) is 1.00. The third kappa shape index (κ3) is 2.28. The zero-order valence-electron chi connectivity index (χ0n) is 11.0. The van der Waals surface area contributed by atoms with Gasteiger partial charge >= 0.3 is 0 Å². The van der Waals surface area contributed by atoms with Gasteiger partial charge in [0.2, 0.25) is 0 Å². The van der Waals surface area contributed by atoms with Gasteiger partial charge in [0.15, 0.2) is 0 Å². The number of rotatable bonds is 1. The number of hydrogen-bond donors (Lipinski definition) is 2. The van der Waals surface area contributed by atoms with Crippen molar-refractivity contribution in [2.45, 2.75) is 64.5 Å². The van der Waals surface area contributed by atoms with Crippen LogP contribution < -0.4 is 5.32 Å². The molecule has 2 aliphatic rings. The van der Waals surface area contributed by atoms with Crippen LogP contribution in [0.2, 0.25) is 0 Å². The predicted octanol–water partition coefficient (Wildman–Crippen LogP) is 2.56. The van der Waals surface area contributed by atoms with E-state index in [1.54, 1.807) is 0 Å². The summed E-state index contributed by atoms with van der Waals surface area (Å²) in [5, 5.41) is 14.6. The van der Waals surface area contributed by atoms with E-state index in [0.717, 1.165) is 25.3 Å². The van der Waals surface area contributed by atoms with Gasteiger partial charge in [0.05, 0.1) is 5.60 Å². The Hall–Kier alpha value is -0.0800. The van der Waals surface area contributed by atoms with E-state index in [1.807, 2.05) is 0 Å². The summed E-state index contributed by atoms with van der Waals surface area (Å²) >= 11 is 0. The van der Waals surface area contributed by atoms with Crippen LogP contribution in [0.25, 0.3) is 0 Å². The van der Waals surface area contributed by atoms with Gasteiger partial charge in [0, 0.05) is 6.04 Å². The largest absolute Gasteiger partial charge is 0.388 e. The Morgan fingerprint density at radius 2 is 1.81 bits per heavy atom. The lowest BCUT2D eigenvalue weighted by Gasteiger charge is -2.48. The van der Waals surface area contributed by atoms with Gasteiger partial charge in [-0.1, -0.05) is 27.2 Å². The Labute approximate surface area is 99.8 Å². The van der Waals surface area contributed by atoms with Crippen molar-refractivity contribution in [1.82, 2.24) is 5.32 Å². The molecule has 5 unspecified atom stereocenters. The SMILES string of the molecule is CC1CCNC(C2(O)CC(C)CCC2C)C1. The van der Waals surface area contributed by atoms with Crippen molar-refractivity contribution >= 4 is 0 Å². The molecule has 2 N–H and O–H groups in total. The van der Waals surface area contributed by atoms with Crippen molar-refractivity contribution in [3.63, 3.8) is 0 Å². The lowest BCUT2D eigenvalue weighted by molar-refractivity contribution is -0.0936. The lowest BCUT2D eigenvalue weighted by Crippen LogP contribution is -2.59. The monoisotopic (exact) mass is 225 g/mol. The zero-order chi connectivity index (χ0) is 11.8. The molecule has 94 valence electrons. The molecule has 2 fully saturated rings. The highest BCUT2D eigenvalue weighted by Gasteiger charge is 2.45. The van der Waals surface area contributed by atoms with Crippen LogP contribution >= 0.6 is 0 Å². The minimum Gasteiger partial charge on any atom is -0.388 e. The molecule has 2 heteroatoms. The van der Waals surface area contributed by atoms with E-state index < -0.39 is 5.60 Å². The predicted molar refractivity (Wildman–Crippen MR) is 67.3 cm³/mol. The van der Waals surface area contributed by atoms with Gasteiger partial charge in [-0.2, -0.15) is 0 Å². The molecule has 5 atom stereocenters. The van der Waals surface area contributed by atoms with Crippen LogP contribution in [-0.4, -0.2) is 23.3 Å². The van der Waals surface area contributed by atoms with E-state index >= 15 is 0 Å². The van der Waals surface area contributed by atoms with Gasteiger partial charge in [-0.05, 0) is 50.0 Å².